The molecule has 0 heterocycles. The maximum absolute atomic E-state index is 12.7. The van der Waals surface area contributed by atoms with Crippen LogP contribution in [-0.4, -0.2) is 13.2 Å². The number of benzene rings is 1. The standard InChI is InChI=1S/C14H16BrNO2S/c1-2-5-11-8-14(9-11,10-16)19(17,18)13-7-4-3-6-12(13)15/h3-4,6-7,11H,2,5,8-9H2,1H3. The molecule has 0 spiro atoms. The third kappa shape index (κ3) is 2.32. The van der Waals surface area contributed by atoms with Gasteiger partial charge in [-0.1, -0.05) is 31.9 Å². The van der Waals surface area contributed by atoms with Crippen LogP contribution in [0.4, 0.5) is 0 Å². The molecule has 0 N–H and O–H groups in total. The van der Waals surface area contributed by atoms with Crippen LogP contribution in [-0.2, 0) is 9.84 Å². The van der Waals surface area contributed by atoms with Gasteiger partial charge in [0.15, 0.2) is 14.6 Å². The molecular formula is C14H16BrNO2S. The molecule has 1 aromatic rings. The van der Waals surface area contributed by atoms with Gasteiger partial charge in [-0.05, 0) is 46.8 Å². The summed E-state index contributed by atoms with van der Waals surface area (Å²) in [5, 5.41) is 9.37. The van der Waals surface area contributed by atoms with Gasteiger partial charge in [-0.2, -0.15) is 5.26 Å². The van der Waals surface area contributed by atoms with Crippen LogP contribution in [0.3, 0.4) is 0 Å². The van der Waals surface area contributed by atoms with Crippen molar-refractivity contribution in [1.82, 2.24) is 0 Å². The van der Waals surface area contributed by atoms with Gasteiger partial charge in [0.05, 0.1) is 11.0 Å². The zero-order valence-corrected chi connectivity index (χ0v) is 13.2. The van der Waals surface area contributed by atoms with E-state index in [1.807, 2.05) is 0 Å². The van der Waals surface area contributed by atoms with E-state index in [0.29, 0.717) is 23.2 Å². The molecule has 1 aliphatic carbocycles. The molecular weight excluding hydrogens is 326 g/mol. The summed E-state index contributed by atoms with van der Waals surface area (Å²) in [5.74, 6) is 0.363. The van der Waals surface area contributed by atoms with Gasteiger partial charge in [0.2, 0.25) is 0 Å². The first kappa shape index (κ1) is 14.5. The van der Waals surface area contributed by atoms with Crippen molar-refractivity contribution in [2.75, 3.05) is 0 Å². The minimum atomic E-state index is -3.60. The lowest BCUT2D eigenvalue weighted by molar-refractivity contribution is 0.246. The predicted molar refractivity (Wildman–Crippen MR) is 77.3 cm³/mol. The van der Waals surface area contributed by atoms with Crippen LogP contribution in [0.2, 0.25) is 0 Å². The summed E-state index contributed by atoms with van der Waals surface area (Å²) in [6, 6.07) is 8.77. The molecule has 0 amide bonds. The molecule has 0 atom stereocenters. The fourth-order valence-corrected chi connectivity index (χ4v) is 5.69. The van der Waals surface area contributed by atoms with Crippen LogP contribution in [0, 0.1) is 17.2 Å². The third-order valence-corrected chi connectivity index (χ3v) is 7.12. The highest BCUT2D eigenvalue weighted by Crippen LogP contribution is 2.48. The molecule has 1 aromatic carbocycles. The Morgan fingerprint density at radius 3 is 2.58 bits per heavy atom. The van der Waals surface area contributed by atoms with Gasteiger partial charge in [-0.25, -0.2) is 8.42 Å². The predicted octanol–water partition coefficient (Wildman–Crippen LogP) is 3.70. The van der Waals surface area contributed by atoms with Gasteiger partial charge in [-0.3, -0.25) is 0 Å². The van der Waals surface area contributed by atoms with Crippen LogP contribution in [0.15, 0.2) is 33.6 Å². The van der Waals surface area contributed by atoms with Gasteiger partial charge < -0.3 is 0 Å². The largest absolute Gasteiger partial charge is 0.222 e. The molecule has 1 saturated carbocycles. The molecule has 0 bridgehead atoms. The molecule has 3 nitrogen and oxygen atoms in total. The Morgan fingerprint density at radius 2 is 2.05 bits per heavy atom. The fraction of sp³-hybridized carbons (Fsp3) is 0.500. The van der Waals surface area contributed by atoms with Gasteiger partial charge >= 0.3 is 0 Å². The Morgan fingerprint density at radius 1 is 1.42 bits per heavy atom. The highest BCUT2D eigenvalue weighted by atomic mass is 79.9. The van der Waals surface area contributed by atoms with E-state index in [9.17, 15) is 13.7 Å². The number of rotatable bonds is 4. The number of nitrogens with zero attached hydrogens (tertiary/aromatic N) is 1. The normalized spacial score (nSPS) is 26.5. The first-order valence-electron chi connectivity index (χ1n) is 6.37. The molecule has 1 fully saturated rings. The molecule has 1 aliphatic rings. The van der Waals surface area contributed by atoms with Gasteiger partial charge in [-0.15, -0.1) is 0 Å². The van der Waals surface area contributed by atoms with Crippen LogP contribution in [0.1, 0.15) is 32.6 Å². The Labute approximate surface area is 122 Å². The zero-order valence-electron chi connectivity index (χ0n) is 10.8. The summed E-state index contributed by atoms with van der Waals surface area (Å²) >= 11 is 3.26. The van der Waals surface area contributed by atoms with E-state index < -0.39 is 14.6 Å². The SMILES string of the molecule is CCCC1CC(C#N)(S(=O)(=O)c2ccccc2Br)C1. The van der Waals surface area contributed by atoms with E-state index in [0.717, 1.165) is 12.8 Å². The lowest BCUT2D eigenvalue weighted by atomic mass is 9.73. The molecule has 0 radical (unpaired) electrons. The lowest BCUT2D eigenvalue weighted by Crippen LogP contribution is -2.49. The van der Waals surface area contributed by atoms with Crippen molar-refractivity contribution in [1.29, 1.82) is 5.26 Å². The second-order valence-corrected chi connectivity index (χ2v) is 8.19. The van der Waals surface area contributed by atoms with Crippen LogP contribution < -0.4 is 0 Å². The molecule has 0 aromatic heterocycles. The number of halogens is 1. The molecule has 0 unspecified atom stereocenters. The lowest BCUT2D eigenvalue weighted by Gasteiger charge is -2.41. The van der Waals surface area contributed by atoms with Crippen molar-refractivity contribution in [3.05, 3.63) is 28.7 Å². The smallest absolute Gasteiger partial charge is 0.198 e. The molecule has 0 aliphatic heterocycles. The summed E-state index contributed by atoms with van der Waals surface area (Å²) in [5.41, 5.74) is 0. The van der Waals surface area contributed by atoms with Crippen molar-refractivity contribution in [2.45, 2.75) is 42.2 Å². The molecule has 2 rings (SSSR count). The number of sulfone groups is 1. The average molecular weight is 342 g/mol. The Bertz CT molecular complexity index is 613. The zero-order chi connectivity index (χ0) is 14.1. The molecule has 102 valence electrons. The topological polar surface area (TPSA) is 57.9 Å². The Balaban J connectivity index is 2.36. The summed E-state index contributed by atoms with van der Waals surface area (Å²) < 4.78 is 24.7. The summed E-state index contributed by atoms with van der Waals surface area (Å²) in [6.07, 6.45) is 2.94. The Kier molecular flexibility index (Phi) is 4.03. The first-order valence-corrected chi connectivity index (χ1v) is 8.65. The van der Waals surface area contributed by atoms with Crippen LogP contribution in [0.5, 0.6) is 0 Å². The maximum Gasteiger partial charge on any atom is 0.198 e. The first-order chi connectivity index (χ1) is 8.97. The number of nitriles is 1. The Hall–Kier alpha value is -0.860. The monoisotopic (exact) mass is 341 g/mol. The average Bonchev–Trinajstić information content (AvgIpc) is 2.33. The second kappa shape index (κ2) is 5.26. The van der Waals surface area contributed by atoms with Crippen molar-refractivity contribution < 1.29 is 8.42 Å². The van der Waals surface area contributed by atoms with Crippen molar-refractivity contribution >= 4 is 25.8 Å². The molecule has 19 heavy (non-hydrogen) atoms. The quantitative estimate of drug-likeness (QED) is 0.838. The maximum atomic E-state index is 12.7. The van der Waals surface area contributed by atoms with E-state index in [4.69, 9.17) is 0 Å². The van der Waals surface area contributed by atoms with Crippen molar-refractivity contribution in [2.24, 2.45) is 5.92 Å². The van der Waals surface area contributed by atoms with Gasteiger partial charge in [0.1, 0.15) is 0 Å². The van der Waals surface area contributed by atoms with Gasteiger partial charge in [0.25, 0.3) is 0 Å². The summed E-state index contributed by atoms with van der Waals surface area (Å²) in [7, 11) is -3.60. The summed E-state index contributed by atoms with van der Waals surface area (Å²) in [4.78, 5) is 0.228. The van der Waals surface area contributed by atoms with E-state index in [2.05, 4.69) is 28.9 Å². The number of hydrogen-bond donors (Lipinski definition) is 0. The minimum Gasteiger partial charge on any atom is -0.222 e. The highest BCUT2D eigenvalue weighted by Gasteiger charge is 2.55. The van der Waals surface area contributed by atoms with E-state index in [1.165, 1.54) is 0 Å². The van der Waals surface area contributed by atoms with Crippen LogP contribution in [0.25, 0.3) is 0 Å². The van der Waals surface area contributed by atoms with Crippen molar-refractivity contribution in [3.8, 4) is 6.07 Å². The van der Waals surface area contributed by atoms with Gasteiger partial charge in [0, 0.05) is 4.47 Å². The second-order valence-electron chi connectivity index (χ2n) is 5.10. The molecule has 5 heteroatoms. The van der Waals surface area contributed by atoms with E-state index in [-0.39, 0.29) is 4.90 Å². The fourth-order valence-electron chi connectivity index (χ4n) is 2.73. The third-order valence-electron chi connectivity index (χ3n) is 3.78. The van der Waals surface area contributed by atoms with Crippen LogP contribution >= 0.6 is 15.9 Å². The van der Waals surface area contributed by atoms with E-state index >= 15 is 0 Å². The van der Waals surface area contributed by atoms with E-state index in [1.54, 1.807) is 24.3 Å². The minimum absolute atomic E-state index is 0.228. The highest BCUT2D eigenvalue weighted by molar-refractivity contribution is 9.10. The molecule has 0 saturated heterocycles. The number of hydrogen-bond acceptors (Lipinski definition) is 3. The summed E-state index contributed by atoms with van der Waals surface area (Å²) in [6.45, 7) is 2.08. The van der Waals surface area contributed by atoms with Crippen molar-refractivity contribution in [3.63, 3.8) is 0 Å².